The van der Waals surface area contributed by atoms with Crippen molar-refractivity contribution in [3.8, 4) is 5.82 Å². The summed E-state index contributed by atoms with van der Waals surface area (Å²) in [4.78, 5) is 39.1. The lowest BCUT2D eigenvalue weighted by Gasteiger charge is -2.25. The Balaban J connectivity index is 1.66. The van der Waals surface area contributed by atoms with Crippen molar-refractivity contribution >= 4 is 22.9 Å². The second-order valence-corrected chi connectivity index (χ2v) is 7.42. The minimum Gasteiger partial charge on any atom is -0.350 e. The average Bonchev–Trinajstić information content (AvgIpc) is 3.03. The van der Waals surface area contributed by atoms with Gasteiger partial charge in [-0.2, -0.15) is 0 Å². The second-order valence-electron chi connectivity index (χ2n) is 7.42. The first-order chi connectivity index (χ1) is 14.6. The number of carbonyl (C=O) groups excluding carboxylic acids is 1. The molecule has 0 saturated heterocycles. The number of hydrogen-bond donors (Lipinski definition) is 2. The molecule has 0 bridgehead atoms. The van der Waals surface area contributed by atoms with E-state index >= 15 is 0 Å². The quantitative estimate of drug-likeness (QED) is 0.550. The topological polar surface area (TPSA) is 95.9 Å². The summed E-state index contributed by atoms with van der Waals surface area (Å²) in [7, 11) is 0. The first kappa shape index (κ1) is 18.1. The van der Waals surface area contributed by atoms with Crippen molar-refractivity contribution in [2.45, 2.75) is 19.5 Å². The monoisotopic (exact) mass is 400 g/mol. The third-order valence-electron chi connectivity index (χ3n) is 5.18. The summed E-state index contributed by atoms with van der Waals surface area (Å²) in [6.45, 7) is 3.18. The third-order valence-corrected chi connectivity index (χ3v) is 5.18. The maximum atomic E-state index is 12.7. The van der Waals surface area contributed by atoms with E-state index < -0.39 is 0 Å². The molecule has 150 valence electrons. The number of carbonyl (C=O) groups is 1. The van der Waals surface area contributed by atoms with Crippen LogP contribution in [0.2, 0.25) is 0 Å². The summed E-state index contributed by atoms with van der Waals surface area (Å²) in [5, 5.41) is 3.00. The molecule has 4 aromatic rings. The van der Waals surface area contributed by atoms with Crippen LogP contribution in [-0.2, 0) is 6.54 Å². The number of pyridine rings is 2. The zero-order valence-electron chi connectivity index (χ0n) is 16.4. The molecule has 0 aliphatic carbocycles. The summed E-state index contributed by atoms with van der Waals surface area (Å²) in [6, 6.07) is 17.0. The molecule has 0 saturated carbocycles. The molecule has 0 fully saturated rings. The number of aromatic amines is 1. The molecule has 8 heteroatoms. The highest BCUT2D eigenvalue weighted by molar-refractivity contribution is 6.00. The van der Waals surface area contributed by atoms with Gasteiger partial charge in [-0.25, -0.2) is 19.3 Å². The number of anilines is 1. The lowest BCUT2D eigenvalue weighted by Crippen LogP contribution is -2.38. The number of amides is 1. The number of H-pyrrole nitrogens is 1. The number of nitrogens with one attached hydrogen (secondary N) is 2. The molecule has 0 radical (unpaired) electrons. The fourth-order valence-electron chi connectivity index (χ4n) is 3.86. The first-order valence-electron chi connectivity index (χ1n) is 9.77. The van der Waals surface area contributed by atoms with Gasteiger partial charge in [0.1, 0.15) is 11.6 Å². The number of rotatable bonds is 3. The Kier molecular flexibility index (Phi) is 4.31. The van der Waals surface area contributed by atoms with Gasteiger partial charge in [0.15, 0.2) is 5.65 Å². The van der Waals surface area contributed by atoms with Gasteiger partial charge in [0, 0.05) is 25.3 Å². The molecule has 1 aromatic carbocycles. The molecule has 1 aliphatic heterocycles. The van der Waals surface area contributed by atoms with Crippen LogP contribution in [0.5, 0.6) is 0 Å². The van der Waals surface area contributed by atoms with E-state index in [0.29, 0.717) is 41.5 Å². The Morgan fingerprint density at radius 3 is 2.73 bits per heavy atom. The summed E-state index contributed by atoms with van der Waals surface area (Å²) >= 11 is 0. The van der Waals surface area contributed by atoms with E-state index in [1.807, 2.05) is 43.3 Å². The van der Waals surface area contributed by atoms with Gasteiger partial charge in [0.25, 0.3) is 5.91 Å². The smallest absolute Gasteiger partial charge is 0.333 e. The molecule has 4 heterocycles. The summed E-state index contributed by atoms with van der Waals surface area (Å²) in [6.07, 6.45) is 1.63. The second kappa shape index (κ2) is 7.14. The van der Waals surface area contributed by atoms with Gasteiger partial charge in [-0.3, -0.25) is 9.78 Å². The molecular formula is C22H20N6O2. The predicted molar refractivity (Wildman–Crippen MR) is 114 cm³/mol. The zero-order chi connectivity index (χ0) is 20.7. The van der Waals surface area contributed by atoms with Crippen LogP contribution in [0.25, 0.3) is 17.0 Å². The standard InChI is InChI=1S/C22H20N6O2/c1-14-12-27(13-15-6-3-2-4-7-15)20-16(21(29)24-14)9-10-18(25-20)28-17-8-5-11-23-19(17)26-22(28)30/h2-11,14H,12-13H2,1H3,(H,24,29)(H,23,26,30). The zero-order valence-corrected chi connectivity index (χ0v) is 16.4. The highest BCUT2D eigenvalue weighted by atomic mass is 16.2. The largest absolute Gasteiger partial charge is 0.350 e. The minimum atomic E-state index is -0.322. The van der Waals surface area contributed by atoms with Gasteiger partial charge in [-0.15, -0.1) is 0 Å². The highest BCUT2D eigenvalue weighted by Crippen LogP contribution is 2.25. The Bertz CT molecular complexity index is 1290. The molecule has 1 amide bonds. The summed E-state index contributed by atoms with van der Waals surface area (Å²) in [5.74, 6) is 0.835. The number of hydrogen-bond acceptors (Lipinski definition) is 5. The van der Waals surface area contributed by atoms with Crippen molar-refractivity contribution in [3.63, 3.8) is 0 Å². The number of nitrogens with zero attached hydrogens (tertiary/aromatic N) is 4. The Morgan fingerprint density at radius 1 is 1.07 bits per heavy atom. The molecule has 8 nitrogen and oxygen atoms in total. The van der Waals surface area contributed by atoms with Gasteiger partial charge in [-0.1, -0.05) is 30.3 Å². The first-order valence-corrected chi connectivity index (χ1v) is 9.77. The lowest BCUT2D eigenvalue weighted by atomic mass is 10.2. The Hall–Kier alpha value is -3.94. The molecule has 1 atom stereocenters. The number of aromatic nitrogens is 4. The van der Waals surface area contributed by atoms with Crippen molar-refractivity contribution < 1.29 is 4.79 Å². The SMILES string of the molecule is CC1CN(Cc2ccccc2)c2nc(-n3c(=O)[nH]c4ncccc43)ccc2C(=O)N1. The Morgan fingerprint density at radius 2 is 1.90 bits per heavy atom. The van der Waals surface area contributed by atoms with Crippen molar-refractivity contribution in [1.82, 2.24) is 24.8 Å². The fourth-order valence-corrected chi connectivity index (χ4v) is 3.86. The highest BCUT2D eigenvalue weighted by Gasteiger charge is 2.26. The average molecular weight is 400 g/mol. The number of imidazole rings is 1. The molecule has 30 heavy (non-hydrogen) atoms. The van der Waals surface area contributed by atoms with E-state index in [4.69, 9.17) is 4.98 Å². The summed E-state index contributed by atoms with van der Waals surface area (Å²) in [5.41, 5.74) is 2.41. The maximum absolute atomic E-state index is 12.7. The van der Waals surface area contributed by atoms with Crippen molar-refractivity contribution in [1.29, 1.82) is 0 Å². The maximum Gasteiger partial charge on any atom is 0.333 e. The van der Waals surface area contributed by atoms with Gasteiger partial charge in [-0.05, 0) is 36.8 Å². The molecule has 2 N–H and O–H groups in total. The molecule has 1 aliphatic rings. The molecule has 3 aromatic heterocycles. The van der Waals surface area contributed by atoms with E-state index in [0.717, 1.165) is 5.56 Å². The Labute approximate surface area is 172 Å². The van der Waals surface area contributed by atoms with Crippen molar-refractivity contribution in [2.75, 3.05) is 11.4 Å². The van der Waals surface area contributed by atoms with Crippen LogP contribution < -0.4 is 15.9 Å². The molecule has 0 spiro atoms. The van der Waals surface area contributed by atoms with Gasteiger partial charge in [0.2, 0.25) is 0 Å². The van der Waals surface area contributed by atoms with Crippen LogP contribution >= 0.6 is 0 Å². The van der Waals surface area contributed by atoms with E-state index in [1.165, 1.54) is 4.57 Å². The van der Waals surface area contributed by atoms with Crippen molar-refractivity contribution in [2.24, 2.45) is 0 Å². The van der Waals surface area contributed by atoms with Gasteiger partial charge < -0.3 is 10.2 Å². The normalized spacial score (nSPS) is 16.2. The predicted octanol–water partition coefficient (Wildman–Crippen LogP) is 2.25. The molecule has 5 rings (SSSR count). The number of benzene rings is 1. The van der Waals surface area contributed by atoms with Crippen LogP contribution in [0.3, 0.4) is 0 Å². The van der Waals surface area contributed by atoms with Gasteiger partial charge in [0.05, 0.1) is 11.1 Å². The van der Waals surface area contributed by atoms with E-state index in [1.54, 1.807) is 24.4 Å². The van der Waals surface area contributed by atoms with Crippen LogP contribution in [0.15, 0.2) is 65.6 Å². The molecular weight excluding hydrogens is 380 g/mol. The van der Waals surface area contributed by atoms with Crippen LogP contribution in [0.4, 0.5) is 5.82 Å². The fraction of sp³-hybridized carbons (Fsp3) is 0.182. The third kappa shape index (κ3) is 3.12. The van der Waals surface area contributed by atoms with E-state index in [2.05, 4.69) is 20.2 Å². The van der Waals surface area contributed by atoms with Crippen LogP contribution in [-0.4, -0.2) is 38.0 Å². The van der Waals surface area contributed by atoms with E-state index in [-0.39, 0.29) is 17.6 Å². The van der Waals surface area contributed by atoms with Crippen molar-refractivity contribution in [3.05, 3.63) is 82.4 Å². The van der Waals surface area contributed by atoms with Crippen LogP contribution in [0.1, 0.15) is 22.8 Å². The lowest BCUT2D eigenvalue weighted by molar-refractivity contribution is 0.0945. The van der Waals surface area contributed by atoms with Crippen LogP contribution in [0, 0.1) is 0 Å². The summed E-state index contributed by atoms with van der Waals surface area (Å²) < 4.78 is 1.48. The van der Waals surface area contributed by atoms with Gasteiger partial charge >= 0.3 is 5.69 Å². The van der Waals surface area contributed by atoms with E-state index in [9.17, 15) is 9.59 Å². The number of fused-ring (bicyclic) bond motifs is 2. The molecule has 1 unspecified atom stereocenters. The minimum absolute atomic E-state index is 0.0427.